The molecule has 1 aromatic carbocycles. The lowest BCUT2D eigenvalue weighted by molar-refractivity contribution is 0.0696. The van der Waals surface area contributed by atoms with E-state index in [-0.39, 0.29) is 5.41 Å². The highest BCUT2D eigenvalue weighted by molar-refractivity contribution is 5.87. The van der Waals surface area contributed by atoms with Gasteiger partial charge in [-0.1, -0.05) is 32.9 Å². The van der Waals surface area contributed by atoms with Gasteiger partial charge in [-0.3, -0.25) is 0 Å². The third kappa shape index (κ3) is 5.50. The SMILES string of the molecule is CC(C)(C)CCOCc1cccc(C(=O)O)c1. The monoisotopic (exact) mass is 236 g/mol. The summed E-state index contributed by atoms with van der Waals surface area (Å²) in [4.78, 5) is 10.8. The van der Waals surface area contributed by atoms with Crippen molar-refractivity contribution in [1.82, 2.24) is 0 Å². The maximum atomic E-state index is 10.8. The fraction of sp³-hybridized carbons (Fsp3) is 0.500. The molecule has 0 spiro atoms. The van der Waals surface area contributed by atoms with Gasteiger partial charge in [-0.2, -0.15) is 0 Å². The van der Waals surface area contributed by atoms with Crippen LogP contribution in [0.15, 0.2) is 24.3 Å². The van der Waals surface area contributed by atoms with Crippen molar-refractivity contribution in [2.45, 2.75) is 33.8 Å². The van der Waals surface area contributed by atoms with E-state index in [1.54, 1.807) is 18.2 Å². The van der Waals surface area contributed by atoms with Crippen LogP contribution in [0.5, 0.6) is 0 Å². The van der Waals surface area contributed by atoms with Gasteiger partial charge in [0, 0.05) is 6.61 Å². The molecular weight excluding hydrogens is 216 g/mol. The first kappa shape index (κ1) is 13.7. The fourth-order valence-electron chi connectivity index (χ4n) is 1.36. The van der Waals surface area contributed by atoms with Crippen molar-refractivity contribution < 1.29 is 14.6 Å². The molecule has 0 fully saturated rings. The topological polar surface area (TPSA) is 46.5 Å². The lowest BCUT2D eigenvalue weighted by Gasteiger charge is -2.17. The zero-order valence-corrected chi connectivity index (χ0v) is 10.7. The molecule has 0 saturated carbocycles. The number of benzene rings is 1. The van der Waals surface area contributed by atoms with Gasteiger partial charge >= 0.3 is 5.97 Å². The minimum atomic E-state index is -0.901. The van der Waals surface area contributed by atoms with Crippen LogP contribution >= 0.6 is 0 Å². The van der Waals surface area contributed by atoms with Gasteiger partial charge in [0.15, 0.2) is 0 Å². The Morgan fingerprint density at radius 3 is 2.65 bits per heavy atom. The van der Waals surface area contributed by atoms with E-state index in [0.717, 1.165) is 12.0 Å². The number of carbonyl (C=O) groups is 1. The summed E-state index contributed by atoms with van der Waals surface area (Å²) in [5.74, 6) is -0.901. The summed E-state index contributed by atoms with van der Waals surface area (Å²) < 4.78 is 5.54. The first-order valence-corrected chi connectivity index (χ1v) is 5.78. The number of carboxylic acid groups (broad SMARTS) is 1. The molecule has 0 radical (unpaired) electrons. The van der Waals surface area contributed by atoms with Crippen LogP contribution in [0, 0.1) is 5.41 Å². The molecule has 0 unspecified atom stereocenters. The molecule has 94 valence electrons. The average Bonchev–Trinajstić information content (AvgIpc) is 2.23. The maximum Gasteiger partial charge on any atom is 0.335 e. The van der Waals surface area contributed by atoms with Crippen molar-refractivity contribution in [3.05, 3.63) is 35.4 Å². The van der Waals surface area contributed by atoms with E-state index >= 15 is 0 Å². The summed E-state index contributed by atoms with van der Waals surface area (Å²) in [6.45, 7) is 7.67. The summed E-state index contributed by atoms with van der Waals surface area (Å²) in [6.07, 6.45) is 0.992. The summed E-state index contributed by atoms with van der Waals surface area (Å²) in [6, 6.07) is 6.86. The Labute approximate surface area is 102 Å². The first-order chi connectivity index (χ1) is 7.88. The molecule has 0 amide bonds. The van der Waals surface area contributed by atoms with Gasteiger partial charge in [-0.05, 0) is 29.5 Å². The largest absolute Gasteiger partial charge is 0.478 e. The first-order valence-electron chi connectivity index (χ1n) is 5.78. The standard InChI is InChI=1S/C14H20O3/c1-14(2,3)7-8-17-10-11-5-4-6-12(9-11)13(15)16/h4-6,9H,7-8,10H2,1-3H3,(H,15,16). The van der Waals surface area contributed by atoms with E-state index in [1.165, 1.54) is 0 Å². The van der Waals surface area contributed by atoms with Crippen molar-refractivity contribution in [2.24, 2.45) is 5.41 Å². The molecule has 3 nitrogen and oxygen atoms in total. The predicted octanol–water partition coefficient (Wildman–Crippen LogP) is 3.34. The molecule has 0 aliphatic rings. The molecule has 0 heterocycles. The Bertz CT molecular complexity index is 377. The molecule has 1 aromatic rings. The molecular formula is C14H20O3. The lowest BCUT2D eigenvalue weighted by Crippen LogP contribution is -2.09. The lowest BCUT2D eigenvalue weighted by atomic mass is 9.93. The molecule has 0 aromatic heterocycles. The van der Waals surface area contributed by atoms with Gasteiger partial charge in [0.25, 0.3) is 0 Å². The number of hydrogen-bond acceptors (Lipinski definition) is 2. The van der Waals surface area contributed by atoms with E-state index in [9.17, 15) is 4.79 Å². The van der Waals surface area contributed by atoms with Crippen LogP contribution in [-0.2, 0) is 11.3 Å². The Hall–Kier alpha value is -1.35. The van der Waals surface area contributed by atoms with Crippen LogP contribution in [0.3, 0.4) is 0 Å². The summed E-state index contributed by atoms with van der Waals surface area (Å²) in [7, 11) is 0. The van der Waals surface area contributed by atoms with Crippen molar-refractivity contribution >= 4 is 5.97 Å². The second kappa shape index (κ2) is 5.82. The Balaban J connectivity index is 2.42. The van der Waals surface area contributed by atoms with Gasteiger partial charge in [0.05, 0.1) is 12.2 Å². The molecule has 0 aliphatic heterocycles. The van der Waals surface area contributed by atoms with E-state index in [2.05, 4.69) is 20.8 Å². The number of carboxylic acids is 1. The Morgan fingerprint density at radius 2 is 2.06 bits per heavy atom. The number of aromatic carboxylic acids is 1. The highest BCUT2D eigenvalue weighted by Gasteiger charge is 2.09. The normalized spacial score (nSPS) is 11.5. The van der Waals surface area contributed by atoms with Crippen LogP contribution in [0.25, 0.3) is 0 Å². The van der Waals surface area contributed by atoms with Crippen molar-refractivity contribution in [3.8, 4) is 0 Å². The smallest absolute Gasteiger partial charge is 0.335 e. The van der Waals surface area contributed by atoms with Crippen LogP contribution in [0.4, 0.5) is 0 Å². The molecule has 1 N–H and O–H groups in total. The Morgan fingerprint density at radius 1 is 1.35 bits per heavy atom. The molecule has 0 bridgehead atoms. The third-order valence-corrected chi connectivity index (χ3v) is 2.44. The van der Waals surface area contributed by atoms with E-state index in [0.29, 0.717) is 18.8 Å². The summed E-state index contributed by atoms with van der Waals surface area (Å²) in [5.41, 5.74) is 1.48. The van der Waals surface area contributed by atoms with Gasteiger partial charge in [0.2, 0.25) is 0 Å². The van der Waals surface area contributed by atoms with Crippen LogP contribution < -0.4 is 0 Å². The van der Waals surface area contributed by atoms with E-state index in [1.807, 2.05) is 6.07 Å². The van der Waals surface area contributed by atoms with Gasteiger partial charge in [-0.15, -0.1) is 0 Å². The van der Waals surface area contributed by atoms with Crippen molar-refractivity contribution in [2.75, 3.05) is 6.61 Å². The highest BCUT2D eigenvalue weighted by atomic mass is 16.5. The summed E-state index contributed by atoms with van der Waals surface area (Å²) in [5, 5.41) is 8.85. The molecule has 0 aliphatic carbocycles. The average molecular weight is 236 g/mol. The zero-order valence-electron chi connectivity index (χ0n) is 10.7. The summed E-state index contributed by atoms with van der Waals surface area (Å²) >= 11 is 0. The van der Waals surface area contributed by atoms with Crippen molar-refractivity contribution in [3.63, 3.8) is 0 Å². The zero-order chi connectivity index (χ0) is 12.9. The number of ether oxygens (including phenoxy) is 1. The Kier molecular flexibility index (Phi) is 4.70. The minimum absolute atomic E-state index is 0.267. The van der Waals surface area contributed by atoms with Gasteiger partial charge in [-0.25, -0.2) is 4.79 Å². The van der Waals surface area contributed by atoms with Crippen molar-refractivity contribution in [1.29, 1.82) is 0 Å². The molecule has 0 saturated heterocycles. The molecule has 17 heavy (non-hydrogen) atoms. The number of hydrogen-bond donors (Lipinski definition) is 1. The fourth-order valence-corrected chi connectivity index (χ4v) is 1.36. The van der Waals surface area contributed by atoms with Crippen LogP contribution in [0.1, 0.15) is 43.1 Å². The highest BCUT2D eigenvalue weighted by Crippen LogP contribution is 2.18. The quantitative estimate of drug-likeness (QED) is 0.797. The van der Waals surface area contributed by atoms with Crippen LogP contribution in [0.2, 0.25) is 0 Å². The third-order valence-electron chi connectivity index (χ3n) is 2.44. The number of rotatable bonds is 5. The minimum Gasteiger partial charge on any atom is -0.478 e. The maximum absolute atomic E-state index is 10.8. The molecule has 0 atom stereocenters. The second-order valence-electron chi connectivity index (χ2n) is 5.37. The predicted molar refractivity (Wildman–Crippen MR) is 67.1 cm³/mol. The van der Waals surface area contributed by atoms with Gasteiger partial charge in [0.1, 0.15) is 0 Å². The molecule has 1 rings (SSSR count). The van der Waals surface area contributed by atoms with E-state index < -0.39 is 5.97 Å². The van der Waals surface area contributed by atoms with Crippen LogP contribution in [-0.4, -0.2) is 17.7 Å². The second-order valence-corrected chi connectivity index (χ2v) is 5.37. The van der Waals surface area contributed by atoms with E-state index in [4.69, 9.17) is 9.84 Å². The van der Waals surface area contributed by atoms with Gasteiger partial charge < -0.3 is 9.84 Å². The molecule has 3 heteroatoms.